The second-order valence-electron chi connectivity index (χ2n) is 6.90. The third kappa shape index (κ3) is 3.08. The highest BCUT2D eigenvalue weighted by atomic mass is 16.2. The number of para-hydroxylation sites is 1. The number of aromatic nitrogens is 2. The van der Waals surface area contributed by atoms with Gasteiger partial charge in [0.2, 0.25) is 5.91 Å². The summed E-state index contributed by atoms with van der Waals surface area (Å²) in [6.07, 6.45) is 1.70. The fraction of sp³-hybridized carbons (Fsp3) is 0.474. The van der Waals surface area contributed by atoms with E-state index in [1.54, 1.807) is 4.68 Å². The predicted octanol–water partition coefficient (Wildman–Crippen LogP) is 2.30. The van der Waals surface area contributed by atoms with Crippen LogP contribution in [0.15, 0.2) is 35.1 Å². The predicted molar refractivity (Wildman–Crippen MR) is 99.2 cm³/mol. The minimum absolute atomic E-state index is 0.0789. The van der Waals surface area contributed by atoms with Crippen LogP contribution in [0.4, 0.5) is 5.69 Å². The van der Waals surface area contributed by atoms with E-state index < -0.39 is 0 Å². The highest BCUT2D eigenvalue weighted by Gasteiger charge is 2.31. The number of piperidine rings is 1. The molecular formula is C19H26N4O2. The third-order valence-electron chi connectivity index (χ3n) is 4.97. The summed E-state index contributed by atoms with van der Waals surface area (Å²) in [5, 5.41) is 3.24. The molecule has 1 aliphatic rings. The molecule has 1 saturated heterocycles. The van der Waals surface area contributed by atoms with Crippen LogP contribution in [0.5, 0.6) is 0 Å². The van der Waals surface area contributed by atoms with Gasteiger partial charge in [0.1, 0.15) is 11.7 Å². The van der Waals surface area contributed by atoms with Gasteiger partial charge in [-0.05, 0) is 45.7 Å². The Kier molecular flexibility index (Phi) is 4.70. The smallest absolute Gasteiger partial charge is 0.295 e. The molecule has 0 spiro atoms. The number of amides is 1. The lowest BCUT2D eigenvalue weighted by atomic mass is 10.0. The van der Waals surface area contributed by atoms with Gasteiger partial charge in [0.25, 0.3) is 5.56 Å². The van der Waals surface area contributed by atoms with Crippen molar-refractivity contribution in [3.63, 3.8) is 0 Å². The summed E-state index contributed by atoms with van der Waals surface area (Å²) in [7, 11) is 1.86. The fourth-order valence-electron chi connectivity index (χ4n) is 3.45. The maximum atomic E-state index is 13.0. The number of carbonyl (C=O) groups is 1. The van der Waals surface area contributed by atoms with E-state index >= 15 is 0 Å². The Bertz CT molecular complexity index is 820. The normalized spacial score (nSPS) is 18.0. The Morgan fingerprint density at radius 1 is 1.16 bits per heavy atom. The molecule has 1 atom stereocenters. The largest absolute Gasteiger partial charge is 0.368 e. The number of nitrogens with zero attached hydrogens (tertiary/aromatic N) is 3. The van der Waals surface area contributed by atoms with Crippen LogP contribution in [-0.2, 0) is 11.8 Å². The SMILES string of the molecule is Cc1c(NC2CCCN(C(C)C)C2=O)c(=O)n(-c2ccccc2)n1C. The fourth-order valence-corrected chi connectivity index (χ4v) is 3.45. The van der Waals surface area contributed by atoms with Crippen LogP contribution in [0.25, 0.3) is 5.69 Å². The molecule has 0 bridgehead atoms. The summed E-state index contributed by atoms with van der Waals surface area (Å²) in [5.74, 6) is 0.0789. The second kappa shape index (κ2) is 6.78. The molecule has 1 N–H and O–H groups in total. The molecule has 1 unspecified atom stereocenters. The molecular weight excluding hydrogens is 316 g/mol. The van der Waals surface area contributed by atoms with Gasteiger partial charge in [-0.25, -0.2) is 4.68 Å². The van der Waals surface area contributed by atoms with Gasteiger partial charge in [0.15, 0.2) is 0 Å². The number of anilines is 1. The van der Waals surface area contributed by atoms with E-state index in [1.165, 1.54) is 0 Å². The number of nitrogens with one attached hydrogen (secondary N) is 1. The summed E-state index contributed by atoms with van der Waals surface area (Å²) in [6, 6.07) is 9.37. The lowest BCUT2D eigenvalue weighted by Crippen LogP contribution is -2.50. The van der Waals surface area contributed by atoms with Crippen LogP contribution in [-0.4, -0.2) is 38.8 Å². The zero-order chi connectivity index (χ0) is 18.1. The Labute approximate surface area is 148 Å². The first-order valence-electron chi connectivity index (χ1n) is 8.83. The van der Waals surface area contributed by atoms with E-state index in [0.29, 0.717) is 5.69 Å². The summed E-state index contributed by atoms with van der Waals surface area (Å²) >= 11 is 0. The molecule has 1 aromatic heterocycles. The average Bonchev–Trinajstić information content (AvgIpc) is 2.80. The summed E-state index contributed by atoms with van der Waals surface area (Å²) in [5.41, 5.74) is 2.02. The maximum Gasteiger partial charge on any atom is 0.295 e. The number of rotatable bonds is 4. The Morgan fingerprint density at radius 2 is 1.84 bits per heavy atom. The van der Waals surface area contributed by atoms with Crippen molar-refractivity contribution in [1.29, 1.82) is 0 Å². The van der Waals surface area contributed by atoms with Gasteiger partial charge in [-0.3, -0.25) is 14.3 Å². The summed E-state index contributed by atoms with van der Waals surface area (Å²) in [4.78, 5) is 27.5. The number of likely N-dealkylation sites (tertiary alicyclic amines) is 1. The lowest BCUT2D eigenvalue weighted by Gasteiger charge is -2.35. The van der Waals surface area contributed by atoms with Gasteiger partial charge in [0, 0.05) is 19.6 Å². The Balaban J connectivity index is 1.94. The van der Waals surface area contributed by atoms with Crippen LogP contribution in [0, 0.1) is 6.92 Å². The van der Waals surface area contributed by atoms with E-state index in [9.17, 15) is 9.59 Å². The van der Waals surface area contributed by atoms with E-state index in [2.05, 4.69) is 5.32 Å². The molecule has 1 aliphatic heterocycles. The van der Waals surface area contributed by atoms with Crippen molar-refractivity contribution in [3.05, 3.63) is 46.4 Å². The van der Waals surface area contributed by atoms with Crippen molar-refractivity contribution < 1.29 is 4.79 Å². The average molecular weight is 342 g/mol. The molecule has 6 heteroatoms. The number of hydrogen-bond acceptors (Lipinski definition) is 3. The Hall–Kier alpha value is -2.50. The molecule has 0 radical (unpaired) electrons. The number of carbonyl (C=O) groups excluding carboxylic acids is 1. The third-order valence-corrected chi connectivity index (χ3v) is 4.97. The monoisotopic (exact) mass is 342 g/mol. The zero-order valence-corrected chi connectivity index (χ0v) is 15.3. The molecule has 6 nitrogen and oxygen atoms in total. The van der Waals surface area contributed by atoms with Crippen LogP contribution < -0.4 is 10.9 Å². The summed E-state index contributed by atoms with van der Waals surface area (Å²) in [6.45, 7) is 6.74. The number of hydrogen-bond donors (Lipinski definition) is 1. The van der Waals surface area contributed by atoms with Gasteiger partial charge in [-0.1, -0.05) is 18.2 Å². The van der Waals surface area contributed by atoms with Gasteiger partial charge in [-0.15, -0.1) is 0 Å². The molecule has 1 amide bonds. The molecule has 25 heavy (non-hydrogen) atoms. The van der Waals surface area contributed by atoms with E-state index in [4.69, 9.17) is 0 Å². The molecule has 134 valence electrons. The van der Waals surface area contributed by atoms with Crippen molar-refractivity contribution in [1.82, 2.24) is 14.3 Å². The highest BCUT2D eigenvalue weighted by molar-refractivity contribution is 5.85. The molecule has 1 fully saturated rings. The topological polar surface area (TPSA) is 59.3 Å². The standard InChI is InChI=1S/C19H26N4O2/c1-13(2)22-12-8-11-16(18(22)24)20-17-14(3)21(4)23(19(17)25)15-9-6-5-7-10-15/h5-7,9-10,13,16,20H,8,11-12H2,1-4H3. The van der Waals surface area contributed by atoms with E-state index in [-0.39, 0.29) is 23.6 Å². The highest BCUT2D eigenvalue weighted by Crippen LogP contribution is 2.20. The molecule has 3 rings (SSSR count). The first-order valence-corrected chi connectivity index (χ1v) is 8.83. The first kappa shape index (κ1) is 17.3. The first-order chi connectivity index (χ1) is 11.9. The maximum absolute atomic E-state index is 13.0. The molecule has 2 heterocycles. The van der Waals surface area contributed by atoms with E-state index in [0.717, 1.165) is 30.8 Å². The van der Waals surface area contributed by atoms with Crippen LogP contribution in [0.3, 0.4) is 0 Å². The zero-order valence-electron chi connectivity index (χ0n) is 15.3. The van der Waals surface area contributed by atoms with Crippen molar-refractivity contribution in [2.45, 2.75) is 45.7 Å². The molecule has 0 aliphatic carbocycles. The minimum Gasteiger partial charge on any atom is -0.368 e. The lowest BCUT2D eigenvalue weighted by molar-refractivity contribution is -0.136. The van der Waals surface area contributed by atoms with Gasteiger partial charge in [0.05, 0.1) is 11.4 Å². The molecule has 0 saturated carbocycles. The van der Waals surface area contributed by atoms with Crippen LogP contribution in [0.2, 0.25) is 0 Å². The van der Waals surface area contributed by atoms with Crippen molar-refractivity contribution >= 4 is 11.6 Å². The Morgan fingerprint density at radius 3 is 2.48 bits per heavy atom. The van der Waals surface area contributed by atoms with Crippen LogP contribution >= 0.6 is 0 Å². The van der Waals surface area contributed by atoms with Gasteiger partial charge >= 0.3 is 0 Å². The summed E-state index contributed by atoms with van der Waals surface area (Å²) < 4.78 is 3.46. The van der Waals surface area contributed by atoms with Crippen LogP contribution in [0.1, 0.15) is 32.4 Å². The van der Waals surface area contributed by atoms with Crippen molar-refractivity contribution in [3.8, 4) is 5.69 Å². The van der Waals surface area contributed by atoms with E-state index in [1.807, 2.05) is 67.7 Å². The number of benzene rings is 1. The second-order valence-corrected chi connectivity index (χ2v) is 6.90. The minimum atomic E-state index is -0.339. The van der Waals surface area contributed by atoms with Gasteiger partial charge in [-0.2, -0.15) is 0 Å². The quantitative estimate of drug-likeness (QED) is 0.927. The molecule has 1 aromatic carbocycles. The molecule has 2 aromatic rings. The van der Waals surface area contributed by atoms with Crippen molar-refractivity contribution in [2.75, 3.05) is 11.9 Å². The van der Waals surface area contributed by atoms with Crippen molar-refractivity contribution in [2.24, 2.45) is 7.05 Å². The van der Waals surface area contributed by atoms with Gasteiger partial charge < -0.3 is 10.2 Å².